The first-order valence-corrected chi connectivity index (χ1v) is 16.3. The maximum absolute atomic E-state index is 6.49. The van der Waals surface area contributed by atoms with Crippen LogP contribution in [0.25, 0.3) is 86.7 Å². The van der Waals surface area contributed by atoms with E-state index in [1.165, 1.54) is 52.8 Å². The van der Waals surface area contributed by atoms with E-state index in [1.807, 2.05) is 12.1 Å². The average Bonchev–Trinajstić information content (AvgIpc) is 3.49. The molecule has 0 aliphatic heterocycles. The van der Waals surface area contributed by atoms with Crippen molar-refractivity contribution in [3.05, 3.63) is 151 Å². The van der Waals surface area contributed by atoms with Crippen molar-refractivity contribution in [3.63, 3.8) is 0 Å². The third kappa shape index (κ3) is 4.71. The third-order valence-corrected chi connectivity index (χ3v) is 9.94. The maximum atomic E-state index is 6.49. The molecule has 0 bridgehead atoms. The number of benzene rings is 7. The molecule has 9 aromatic rings. The fraction of sp³-hybridized carbons (Fsp3) is 0. The van der Waals surface area contributed by atoms with Gasteiger partial charge in [0.25, 0.3) is 0 Å². The Morgan fingerprint density at radius 3 is 1.93 bits per heavy atom. The Morgan fingerprint density at radius 2 is 1.02 bits per heavy atom. The highest BCUT2D eigenvalue weighted by Gasteiger charge is 2.13. The van der Waals surface area contributed by atoms with Crippen LogP contribution < -0.4 is 0 Å². The molecule has 46 heavy (non-hydrogen) atoms. The summed E-state index contributed by atoms with van der Waals surface area (Å²) >= 11 is 8.26. The summed E-state index contributed by atoms with van der Waals surface area (Å²) < 4.78 is 2.46. The standard InChI is InChI=1S/C41H24ClN3S/c42-41-44-39(43-40(45-41)32-18-20-36-35-12-3-4-14-37(35)46-38(36)24-32)31-11-5-9-27(23-31)28-17-19-34-29(22-28)10-6-13-33(34)30-16-15-25-7-1-2-8-26(25)21-30/h1-24H. The lowest BCUT2D eigenvalue weighted by atomic mass is 9.94. The minimum atomic E-state index is 0.175. The summed E-state index contributed by atoms with van der Waals surface area (Å²) in [5.41, 5.74) is 6.45. The van der Waals surface area contributed by atoms with Crippen LogP contribution in [0.15, 0.2) is 146 Å². The molecule has 0 N–H and O–H groups in total. The van der Waals surface area contributed by atoms with E-state index >= 15 is 0 Å². The normalized spacial score (nSPS) is 11.6. The first-order valence-electron chi connectivity index (χ1n) is 15.1. The summed E-state index contributed by atoms with van der Waals surface area (Å²) in [7, 11) is 0. The van der Waals surface area contributed by atoms with Crippen molar-refractivity contribution < 1.29 is 0 Å². The Balaban J connectivity index is 1.08. The van der Waals surface area contributed by atoms with Crippen molar-refractivity contribution in [3.8, 4) is 45.0 Å². The van der Waals surface area contributed by atoms with Gasteiger partial charge < -0.3 is 0 Å². The molecule has 0 atom stereocenters. The van der Waals surface area contributed by atoms with Gasteiger partial charge in [0.15, 0.2) is 11.6 Å². The van der Waals surface area contributed by atoms with E-state index in [2.05, 4.69) is 143 Å². The van der Waals surface area contributed by atoms with E-state index in [1.54, 1.807) is 11.3 Å². The first kappa shape index (κ1) is 26.9. The lowest BCUT2D eigenvalue weighted by Crippen LogP contribution is -1.97. The largest absolute Gasteiger partial charge is 0.226 e. The second-order valence-corrected chi connectivity index (χ2v) is 12.9. The summed E-state index contributed by atoms with van der Waals surface area (Å²) in [6.07, 6.45) is 0. The number of hydrogen-bond acceptors (Lipinski definition) is 4. The number of nitrogens with zero attached hydrogens (tertiary/aromatic N) is 3. The van der Waals surface area contributed by atoms with Crippen LogP contribution in [-0.2, 0) is 0 Å². The Bertz CT molecular complexity index is 2620. The molecular weight excluding hydrogens is 602 g/mol. The van der Waals surface area contributed by atoms with Gasteiger partial charge >= 0.3 is 0 Å². The number of halogens is 1. The third-order valence-electron chi connectivity index (χ3n) is 8.64. The second kappa shape index (κ2) is 10.9. The highest BCUT2D eigenvalue weighted by molar-refractivity contribution is 7.25. The Kier molecular flexibility index (Phi) is 6.37. The van der Waals surface area contributed by atoms with Crippen LogP contribution >= 0.6 is 22.9 Å². The number of thiophene rings is 1. The lowest BCUT2D eigenvalue weighted by Gasteiger charge is -2.11. The highest BCUT2D eigenvalue weighted by Crippen LogP contribution is 2.37. The van der Waals surface area contributed by atoms with Gasteiger partial charge in [0.05, 0.1) is 0 Å². The van der Waals surface area contributed by atoms with Crippen LogP contribution in [-0.4, -0.2) is 15.0 Å². The maximum Gasteiger partial charge on any atom is 0.226 e. The van der Waals surface area contributed by atoms with E-state index in [0.717, 1.165) is 22.3 Å². The zero-order valence-electron chi connectivity index (χ0n) is 24.5. The predicted molar refractivity (Wildman–Crippen MR) is 194 cm³/mol. The van der Waals surface area contributed by atoms with Gasteiger partial charge in [-0.05, 0) is 85.7 Å². The zero-order chi connectivity index (χ0) is 30.6. The first-order chi connectivity index (χ1) is 22.7. The summed E-state index contributed by atoms with van der Waals surface area (Å²) in [4.78, 5) is 13.9. The van der Waals surface area contributed by atoms with Crippen molar-refractivity contribution in [2.24, 2.45) is 0 Å². The van der Waals surface area contributed by atoms with Crippen molar-refractivity contribution in [1.82, 2.24) is 15.0 Å². The lowest BCUT2D eigenvalue weighted by molar-refractivity contribution is 1.07. The molecule has 2 aromatic heterocycles. The van der Waals surface area contributed by atoms with Gasteiger partial charge in [-0.2, -0.15) is 9.97 Å². The molecule has 2 heterocycles. The summed E-state index contributed by atoms with van der Waals surface area (Å²) in [5.74, 6) is 1.11. The molecule has 0 fully saturated rings. The van der Waals surface area contributed by atoms with Crippen molar-refractivity contribution in [2.75, 3.05) is 0 Å². The van der Waals surface area contributed by atoms with Crippen LogP contribution in [0.5, 0.6) is 0 Å². The van der Waals surface area contributed by atoms with Gasteiger partial charge in [0, 0.05) is 31.3 Å². The molecule has 9 rings (SSSR count). The topological polar surface area (TPSA) is 38.7 Å². The van der Waals surface area contributed by atoms with E-state index in [9.17, 15) is 0 Å². The van der Waals surface area contributed by atoms with Crippen molar-refractivity contribution in [1.29, 1.82) is 0 Å². The molecule has 5 heteroatoms. The van der Waals surface area contributed by atoms with Crippen LogP contribution in [0.3, 0.4) is 0 Å². The molecule has 0 saturated heterocycles. The van der Waals surface area contributed by atoms with Gasteiger partial charge in [0.1, 0.15) is 0 Å². The van der Waals surface area contributed by atoms with E-state index in [4.69, 9.17) is 16.6 Å². The van der Waals surface area contributed by atoms with Gasteiger partial charge in [-0.15, -0.1) is 11.3 Å². The SMILES string of the molecule is Clc1nc(-c2cccc(-c3ccc4c(-c5ccc6ccccc6c5)cccc4c3)c2)nc(-c2ccc3c(c2)sc2ccccc23)n1. The van der Waals surface area contributed by atoms with E-state index in [0.29, 0.717) is 11.6 Å². The van der Waals surface area contributed by atoms with Gasteiger partial charge in [-0.25, -0.2) is 4.98 Å². The molecule has 3 nitrogen and oxygen atoms in total. The molecule has 0 spiro atoms. The van der Waals surface area contributed by atoms with E-state index in [-0.39, 0.29) is 5.28 Å². The zero-order valence-corrected chi connectivity index (χ0v) is 26.1. The van der Waals surface area contributed by atoms with Crippen LogP contribution in [0.1, 0.15) is 0 Å². The Labute approximate surface area is 274 Å². The molecule has 0 aliphatic carbocycles. The number of aromatic nitrogens is 3. The number of hydrogen-bond donors (Lipinski definition) is 0. The minimum Gasteiger partial charge on any atom is -0.208 e. The van der Waals surface area contributed by atoms with Crippen LogP contribution in [0.4, 0.5) is 0 Å². The second-order valence-electron chi connectivity index (χ2n) is 11.4. The summed E-state index contributed by atoms with van der Waals surface area (Å²) in [6, 6.07) is 51.5. The van der Waals surface area contributed by atoms with Gasteiger partial charge in [-0.3, -0.25) is 0 Å². The highest BCUT2D eigenvalue weighted by atomic mass is 35.5. The number of fused-ring (bicyclic) bond motifs is 5. The molecule has 0 aliphatic rings. The fourth-order valence-electron chi connectivity index (χ4n) is 6.38. The smallest absolute Gasteiger partial charge is 0.208 e. The Morgan fingerprint density at radius 1 is 0.391 bits per heavy atom. The fourth-order valence-corrected chi connectivity index (χ4v) is 7.69. The molecule has 0 radical (unpaired) electrons. The quantitative estimate of drug-likeness (QED) is 0.195. The summed E-state index contributed by atoms with van der Waals surface area (Å²) in [5, 5.41) is 7.58. The van der Waals surface area contributed by atoms with Crippen LogP contribution in [0, 0.1) is 0 Å². The van der Waals surface area contributed by atoms with Crippen LogP contribution in [0.2, 0.25) is 5.28 Å². The average molecular weight is 626 g/mol. The number of rotatable bonds is 4. The minimum absolute atomic E-state index is 0.175. The van der Waals surface area contributed by atoms with Gasteiger partial charge in [-0.1, -0.05) is 115 Å². The van der Waals surface area contributed by atoms with Gasteiger partial charge in [0.2, 0.25) is 5.28 Å². The molecule has 216 valence electrons. The Hall–Kier alpha value is -5.42. The van der Waals surface area contributed by atoms with E-state index < -0.39 is 0 Å². The monoisotopic (exact) mass is 625 g/mol. The van der Waals surface area contributed by atoms with Crippen molar-refractivity contribution >= 4 is 64.7 Å². The van der Waals surface area contributed by atoms with Crippen molar-refractivity contribution in [2.45, 2.75) is 0 Å². The molecule has 0 unspecified atom stereocenters. The molecular formula is C41H24ClN3S. The molecule has 7 aromatic carbocycles. The molecule has 0 saturated carbocycles. The molecule has 0 amide bonds. The summed E-state index contributed by atoms with van der Waals surface area (Å²) in [6.45, 7) is 0. The predicted octanol–water partition coefficient (Wildman–Crippen LogP) is 11.9.